The zero-order valence-electron chi connectivity index (χ0n) is 12.0. The van der Waals surface area contributed by atoms with Crippen LogP contribution in [0.3, 0.4) is 0 Å². The first-order valence-corrected chi connectivity index (χ1v) is 7.06. The summed E-state index contributed by atoms with van der Waals surface area (Å²) in [5.74, 6) is 0.315. The lowest BCUT2D eigenvalue weighted by Gasteiger charge is -2.22. The maximum absolute atomic E-state index is 12.0. The van der Waals surface area contributed by atoms with Gasteiger partial charge in [-0.3, -0.25) is 4.90 Å². The minimum Gasteiger partial charge on any atom is -0.462 e. The van der Waals surface area contributed by atoms with Crippen LogP contribution in [0.4, 0.5) is 5.82 Å². The fourth-order valence-electron chi connectivity index (χ4n) is 2.54. The van der Waals surface area contributed by atoms with Crippen molar-refractivity contribution in [2.75, 3.05) is 24.6 Å². The average molecular weight is 274 g/mol. The van der Waals surface area contributed by atoms with Gasteiger partial charge in [0.25, 0.3) is 5.82 Å². The molecule has 1 N–H and O–H groups in total. The Morgan fingerprint density at radius 2 is 2.15 bits per heavy atom. The molecule has 20 heavy (non-hydrogen) atoms. The van der Waals surface area contributed by atoms with E-state index in [0.717, 1.165) is 37.4 Å². The SMILES string of the molecule is CCOC(=O)c1cc(C)[nH+]c(N2CCCCC2)c1C#N. The molecule has 5 heteroatoms. The fourth-order valence-corrected chi connectivity index (χ4v) is 2.54. The van der Waals surface area contributed by atoms with Gasteiger partial charge in [-0.15, -0.1) is 0 Å². The van der Waals surface area contributed by atoms with E-state index in [9.17, 15) is 10.1 Å². The number of H-pyrrole nitrogens is 1. The number of esters is 1. The number of aromatic nitrogens is 1. The first-order chi connectivity index (χ1) is 9.67. The number of hydrogen-bond donors (Lipinski definition) is 0. The number of hydrogen-bond acceptors (Lipinski definition) is 4. The fraction of sp³-hybridized carbons (Fsp3) is 0.533. The Morgan fingerprint density at radius 3 is 2.75 bits per heavy atom. The Bertz CT molecular complexity index is 543. The molecular weight excluding hydrogens is 254 g/mol. The molecule has 106 valence electrons. The van der Waals surface area contributed by atoms with E-state index in [1.54, 1.807) is 13.0 Å². The van der Waals surface area contributed by atoms with Gasteiger partial charge in [0, 0.05) is 0 Å². The highest BCUT2D eigenvalue weighted by Crippen LogP contribution is 2.23. The van der Waals surface area contributed by atoms with Crippen molar-refractivity contribution in [3.63, 3.8) is 0 Å². The van der Waals surface area contributed by atoms with E-state index in [2.05, 4.69) is 16.0 Å². The van der Waals surface area contributed by atoms with E-state index in [1.165, 1.54) is 6.42 Å². The maximum atomic E-state index is 12.0. The number of rotatable bonds is 3. The number of aromatic amines is 1. The summed E-state index contributed by atoms with van der Waals surface area (Å²) in [6.07, 6.45) is 3.44. The van der Waals surface area contributed by atoms with Crippen molar-refractivity contribution in [1.29, 1.82) is 5.26 Å². The highest BCUT2D eigenvalue weighted by atomic mass is 16.5. The van der Waals surface area contributed by atoms with Gasteiger partial charge in [0.1, 0.15) is 6.07 Å². The predicted octanol–water partition coefficient (Wildman–Crippen LogP) is 1.85. The van der Waals surface area contributed by atoms with Crippen LogP contribution in [0.15, 0.2) is 6.07 Å². The van der Waals surface area contributed by atoms with Crippen LogP contribution in [-0.4, -0.2) is 25.7 Å². The van der Waals surface area contributed by atoms with Crippen molar-refractivity contribution in [3.8, 4) is 6.07 Å². The molecular formula is C15H20N3O2+. The van der Waals surface area contributed by atoms with Gasteiger partial charge in [-0.1, -0.05) is 0 Å². The summed E-state index contributed by atoms with van der Waals surface area (Å²) in [5.41, 5.74) is 1.59. The minimum atomic E-state index is -0.431. The summed E-state index contributed by atoms with van der Waals surface area (Å²) in [6, 6.07) is 3.84. The first-order valence-electron chi connectivity index (χ1n) is 7.06. The highest BCUT2D eigenvalue weighted by molar-refractivity contribution is 5.93. The normalized spacial score (nSPS) is 14.8. The molecule has 0 aliphatic carbocycles. The van der Waals surface area contributed by atoms with Gasteiger partial charge >= 0.3 is 5.97 Å². The van der Waals surface area contributed by atoms with Crippen molar-refractivity contribution in [1.82, 2.24) is 0 Å². The smallest absolute Gasteiger partial charge is 0.339 e. The average Bonchev–Trinajstić information content (AvgIpc) is 2.47. The van der Waals surface area contributed by atoms with Crippen LogP contribution in [0.2, 0.25) is 0 Å². The van der Waals surface area contributed by atoms with E-state index >= 15 is 0 Å². The molecule has 0 bridgehead atoms. The van der Waals surface area contributed by atoms with Gasteiger partial charge < -0.3 is 4.74 Å². The van der Waals surface area contributed by atoms with Crippen molar-refractivity contribution < 1.29 is 14.5 Å². The lowest BCUT2D eigenvalue weighted by atomic mass is 10.1. The Kier molecular flexibility index (Phi) is 4.57. The number of pyridine rings is 1. The van der Waals surface area contributed by atoms with Crippen molar-refractivity contribution in [3.05, 3.63) is 22.9 Å². The van der Waals surface area contributed by atoms with Crippen LogP contribution >= 0.6 is 0 Å². The highest BCUT2D eigenvalue weighted by Gasteiger charge is 2.28. The van der Waals surface area contributed by atoms with Crippen LogP contribution in [-0.2, 0) is 4.74 Å². The Morgan fingerprint density at radius 1 is 1.45 bits per heavy atom. The van der Waals surface area contributed by atoms with Crippen LogP contribution in [0.5, 0.6) is 0 Å². The second kappa shape index (κ2) is 6.38. The second-order valence-corrected chi connectivity index (χ2v) is 4.97. The minimum absolute atomic E-state index is 0.306. The lowest BCUT2D eigenvalue weighted by Crippen LogP contribution is -2.36. The third-order valence-electron chi connectivity index (χ3n) is 3.46. The Hall–Kier alpha value is -2.09. The molecule has 0 spiro atoms. The molecule has 0 aromatic carbocycles. The summed E-state index contributed by atoms with van der Waals surface area (Å²) in [6.45, 7) is 5.78. The summed E-state index contributed by atoms with van der Waals surface area (Å²) in [4.78, 5) is 17.4. The number of piperidine rings is 1. The molecule has 1 aliphatic heterocycles. The number of aryl methyl sites for hydroxylation is 1. The molecule has 1 aromatic heterocycles. The van der Waals surface area contributed by atoms with E-state index in [-0.39, 0.29) is 0 Å². The predicted molar refractivity (Wildman–Crippen MR) is 74.5 cm³/mol. The molecule has 0 radical (unpaired) electrons. The topological polar surface area (TPSA) is 67.5 Å². The molecule has 1 aliphatic rings. The van der Waals surface area contributed by atoms with Gasteiger partial charge in [0.2, 0.25) is 0 Å². The van der Waals surface area contributed by atoms with E-state index in [1.807, 2.05) is 6.92 Å². The standard InChI is InChI=1S/C15H19N3O2/c1-3-20-15(19)12-9-11(2)17-14(13(12)10-16)18-7-5-4-6-8-18/h9H,3-8H2,1-2H3/p+1. The zero-order valence-corrected chi connectivity index (χ0v) is 12.0. The number of nitriles is 1. The first kappa shape index (κ1) is 14.3. The van der Waals surface area contributed by atoms with Gasteiger partial charge in [-0.05, 0) is 39.2 Å². The maximum Gasteiger partial charge on any atom is 0.339 e. The number of ether oxygens (including phenoxy) is 1. The number of anilines is 1. The van der Waals surface area contributed by atoms with E-state index in [0.29, 0.717) is 17.7 Å². The second-order valence-electron chi connectivity index (χ2n) is 4.97. The quantitative estimate of drug-likeness (QED) is 0.789. The third kappa shape index (κ3) is 2.90. The van der Waals surface area contributed by atoms with Crippen LogP contribution in [0.25, 0.3) is 0 Å². The Labute approximate surface area is 119 Å². The van der Waals surface area contributed by atoms with Crippen molar-refractivity contribution >= 4 is 11.8 Å². The lowest BCUT2D eigenvalue weighted by molar-refractivity contribution is -0.374. The Balaban J connectivity index is 2.45. The number of carbonyl (C=O) groups excluding carboxylic acids is 1. The van der Waals surface area contributed by atoms with E-state index in [4.69, 9.17) is 4.74 Å². The van der Waals surface area contributed by atoms with Crippen molar-refractivity contribution in [2.45, 2.75) is 33.1 Å². The molecule has 2 heterocycles. The largest absolute Gasteiger partial charge is 0.462 e. The summed E-state index contributed by atoms with van der Waals surface area (Å²) >= 11 is 0. The molecule has 0 saturated carbocycles. The van der Waals surface area contributed by atoms with E-state index < -0.39 is 5.97 Å². The van der Waals surface area contributed by atoms with Gasteiger partial charge in [0.15, 0.2) is 5.56 Å². The monoisotopic (exact) mass is 274 g/mol. The van der Waals surface area contributed by atoms with Gasteiger partial charge in [-0.2, -0.15) is 5.26 Å². The molecule has 1 fully saturated rings. The van der Waals surface area contributed by atoms with Crippen LogP contribution in [0, 0.1) is 18.3 Å². The molecule has 5 nitrogen and oxygen atoms in total. The summed E-state index contributed by atoms with van der Waals surface area (Å²) in [5, 5.41) is 9.43. The molecule has 0 unspecified atom stereocenters. The van der Waals surface area contributed by atoms with Gasteiger partial charge in [-0.25, -0.2) is 9.78 Å². The van der Waals surface area contributed by atoms with Crippen molar-refractivity contribution in [2.24, 2.45) is 0 Å². The summed E-state index contributed by atoms with van der Waals surface area (Å²) in [7, 11) is 0. The molecule has 1 aromatic rings. The third-order valence-corrected chi connectivity index (χ3v) is 3.46. The number of nitrogens with zero attached hydrogens (tertiary/aromatic N) is 2. The molecule has 0 amide bonds. The van der Waals surface area contributed by atoms with Crippen LogP contribution in [0.1, 0.15) is 47.8 Å². The molecule has 0 atom stereocenters. The number of carbonyl (C=O) groups is 1. The summed E-state index contributed by atoms with van der Waals surface area (Å²) < 4.78 is 5.05. The molecule has 1 saturated heterocycles. The zero-order chi connectivity index (χ0) is 14.5. The number of nitrogens with one attached hydrogen (secondary N) is 1. The molecule has 2 rings (SSSR count). The van der Waals surface area contributed by atoms with Gasteiger partial charge in [0.05, 0.1) is 31.0 Å². The van der Waals surface area contributed by atoms with Crippen LogP contribution < -0.4 is 9.88 Å².